The van der Waals surface area contributed by atoms with Gasteiger partial charge in [-0.1, -0.05) is 59.6 Å². The number of halogens is 2. The Labute approximate surface area is 183 Å². The van der Waals surface area contributed by atoms with Gasteiger partial charge in [0.15, 0.2) is 0 Å². The lowest BCUT2D eigenvalue weighted by molar-refractivity contribution is -0.112. The lowest BCUT2D eigenvalue weighted by Crippen LogP contribution is -2.20. The summed E-state index contributed by atoms with van der Waals surface area (Å²) >= 11 is 12.4. The Balaban J connectivity index is 1.57. The van der Waals surface area contributed by atoms with Gasteiger partial charge in [-0.15, -0.1) is 0 Å². The van der Waals surface area contributed by atoms with E-state index in [1.165, 1.54) is 0 Å². The van der Waals surface area contributed by atoms with Crippen LogP contribution in [-0.2, 0) is 4.79 Å². The first-order valence-corrected chi connectivity index (χ1v) is 10.1. The topological polar surface area (TPSA) is 33.5 Å². The van der Waals surface area contributed by atoms with Crippen LogP contribution in [0.15, 0.2) is 89.3 Å². The van der Waals surface area contributed by atoms with Crippen LogP contribution in [0, 0.1) is 0 Å². The van der Waals surface area contributed by atoms with E-state index in [0.29, 0.717) is 32.7 Å². The van der Waals surface area contributed by atoms with E-state index in [4.69, 9.17) is 27.6 Å². The minimum atomic E-state index is -0.0962. The highest BCUT2D eigenvalue weighted by Gasteiger charge is 2.33. The summed E-state index contributed by atoms with van der Waals surface area (Å²) in [5.74, 6) is 1.06. The molecule has 3 aromatic carbocycles. The van der Waals surface area contributed by atoms with Gasteiger partial charge >= 0.3 is 0 Å². The lowest BCUT2D eigenvalue weighted by Gasteiger charge is -2.16. The molecule has 30 heavy (non-hydrogen) atoms. The number of carbonyl (C=O) groups excluding carboxylic acids is 1. The molecule has 0 saturated carbocycles. The average molecular weight is 432 g/mol. The molecule has 1 aliphatic heterocycles. The SMILES string of the molecule is O=C1/C(=C/c2ccc(-c3cc(Cl)ccc3Cl)o2)c2ccccc2N1c1ccccc1. The van der Waals surface area contributed by atoms with Gasteiger partial charge in [-0.3, -0.25) is 9.69 Å². The first-order valence-electron chi connectivity index (χ1n) is 9.38. The summed E-state index contributed by atoms with van der Waals surface area (Å²) in [4.78, 5) is 15.0. The molecule has 5 heteroatoms. The molecule has 0 unspecified atom stereocenters. The van der Waals surface area contributed by atoms with Gasteiger partial charge in [-0.2, -0.15) is 0 Å². The zero-order chi connectivity index (χ0) is 20.7. The van der Waals surface area contributed by atoms with Crippen molar-refractivity contribution in [2.24, 2.45) is 0 Å². The minimum absolute atomic E-state index is 0.0962. The standard InChI is InChI=1S/C25H15Cl2NO2/c26-16-10-12-22(27)21(14-16)24-13-11-18(30-24)15-20-19-8-4-5-9-23(19)28(25(20)29)17-6-2-1-3-7-17/h1-15H/b20-15+. The molecule has 3 nitrogen and oxygen atoms in total. The second-order valence-corrected chi connectivity index (χ2v) is 7.72. The highest BCUT2D eigenvalue weighted by Crippen LogP contribution is 2.42. The van der Waals surface area contributed by atoms with Crippen molar-refractivity contribution in [1.29, 1.82) is 0 Å². The van der Waals surface area contributed by atoms with E-state index >= 15 is 0 Å². The molecule has 0 aliphatic carbocycles. The first-order chi connectivity index (χ1) is 14.6. The predicted octanol–water partition coefficient (Wildman–Crippen LogP) is 7.47. The van der Waals surface area contributed by atoms with E-state index in [1.54, 1.807) is 29.2 Å². The normalized spacial score (nSPS) is 14.4. The molecule has 1 aromatic heterocycles. The number of amides is 1. The van der Waals surface area contributed by atoms with Crippen LogP contribution in [0.1, 0.15) is 11.3 Å². The Morgan fingerprint density at radius 2 is 1.57 bits per heavy atom. The summed E-state index contributed by atoms with van der Waals surface area (Å²) in [5.41, 5.74) is 3.82. The fourth-order valence-electron chi connectivity index (χ4n) is 3.62. The zero-order valence-corrected chi connectivity index (χ0v) is 17.2. The van der Waals surface area contributed by atoms with E-state index < -0.39 is 0 Å². The second kappa shape index (κ2) is 7.52. The largest absolute Gasteiger partial charge is 0.457 e. The van der Waals surface area contributed by atoms with Gasteiger partial charge in [0.2, 0.25) is 0 Å². The van der Waals surface area contributed by atoms with Crippen LogP contribution in [0.5, 0.6) is 0 Å². The third kappa shape index (κ3) is 3.22. The van der Waals surface area contributed by atoms with E-state index in [2.05, 4.69) is 0 Å². The molecular formula is C25H15Cl2NO2. The first kappa shape index (κ1) is 18.7. The molecule has 5 rings (SSSR count). The van der Waals surface area contributed by atoms with Crippen LogP contribution in [-0.4, -0.2) is 5.91 Å². The molecule has 0 spiro atoms. The van der Waals surface area contributed by atoms with Crippen molar-refractivity contribution in [2.45, 2.75) is 0 Å². The molecule has 2 heterocycles. The molecule has 0 fully saturated rings. The quantitative estimate of drug-likeness (QED) is 0.315. The van der Waals surface area contributed by atoms with Crippen molar-refractivity contribution in [2.75, 3.05) is 4.90 Å². The number of furan rings is 1. The third-order valence-electron chi connectivity index (χ3n) is 4.99. The highest BCUT2D eigenvalue weighted by molar-refractivity contribution is 6.38. The minimum Gasteiger partial charge on any atom is -0.457 e. The summed E-state index contributed by atoms with van der Waals surface area (Å²) in [6.45, 7) is 0. The Morgan fingerprint density at radius 3 is 2.40 bits per heavy atom. The van der Waals surface area contributed by atoms with Crippen LogP contribution in [0.2, 0.25) is 10.0 Å². The van der Waals surface area contributed by atoms with E-state index in [0.717, 1.165) is 16.9 Å². The number of rotatable bonds is 3. The van der Waals surface area contributed by atoms with Crippen molar-refractivity contribution < 1.29 is 9.21 Å². The van der Waals surface area contributed by atoms with Crippen molar-refractivity contribution >= 4 is 52.1 Å². The van der Waals surface area contributed by atoms with Crippen LogP contribution in [0.4, 0.5) is 11.4 Å². The average Bonchev–Trinajstić information content (AvgIpc) is 3.34. The second-order valence-electron chi connectivity index (χ2n) is 6.88. The fraction of sp³-hybridized carbons (Fsp3) is 0. The molecule has 1 amide bonds. The van der Waals surface area contributed by atoms with Gasteiger partial charge in [0.05, 0.1) is 16.3 Å². The third-order valence-corrected chi connectivity index (χ3v) is 5.55. The highest BCUT2D eigenvalue weighted by atomic mass is 35.5. The summed E-state index contributed by atoms with van der Waals surface area (Å²) in [6.07, 6.45) is 1.77. The Hall–Kier alpha value is -3.27. The lowest BCUT2D eigenvalue weighted by atomic mass is 10.1. The van der Waals surface area contributed by atoms with Crippen molar-refractivity contribution in [3.63, 3.8) is 0 Å². The van der Waals surface area contributed by atoms with Gasteiger partial charge in [0.1, 0.15) is 11.5 Å². The summed E-state index contributed by atoms with van der Waals surface area (Å²) in [5, 5.41) is 1.12. The van der Waals surface area contributed by atoms with Crippen LogP contribution < -0.4 is 4.90 Å². The van der Waals surface area contributed by atoms with Crippen molar-refractivity contribution in [3.05, 3.63) is 106 Å². The molecular weight excluding hydrogens is 417 g/mol. The smallest absolute Gasteiger partial charge is 0.263 e. The van der Waals surface area contributed by atoms with Gasteiger partial charge in [0, 0.05) is 21.8 Å². The predicted molar refractivity (Wildman–Crippen MR) is 122 cm³/mol. The number of benzene rings is 3. The summed E-state index contributed by atoms with van der Waals surface area (Å²) in [7, 11) is 0. The number of carbonyl (C=O) groups is 1. The molecule has 0 atom stereocenters. The van der Waals surface area contributed by atoms with E-state index in [-0.39, 0.29) is 5.91 Å². The molecule has 1 aliphatic rings. The zero-order valence-electron chi connectivity index (χ0n) is 15.7. The maximum absolute atomic E-state index is 13.3. The molecule has 146 valence electrons. The summed E-state index contributed by atoms with van der Waals surface area (Å²) < 4.78 is 5.98. The van der Waals surface area contributed by atoms with Gasteiger partial charge in [-0.25, -0.2) is 0 Å². The van der Waals surface area contributed by atoms with Gasteiger partial charge in [-0.05, 0) is 54.6 Å². The number of nitrogens with zero attached hydrogens (tertiary/aromatic N) is 1. The fourth-order valence-corrected chi connectivity index (χ4v) is 4.00. The Morgan fingerprint density at radius 1 is 0.800 bits per heavy atom. The van der Waals surface area contributed by atoms with Crippen molar-refractivity contribution in [3.8, 4) is 11.3 Å². The molecule has 0 bridgehead atoms. The number of hydrogen-bond acceptors (Lipinski definition) is 2. The van der Waals surface area contributed by atoms with Crippen LogP contribution in [0.25, 0.3) is 23.0 Å². The monoisotopic (exact) mass is 431 g/mol. The van der Waals surface area contributed by atoms with E-state index in [1.807, 2.05) is 66.7 Å². The maximum atomic E-state index is 13.3. The van der Waals surface area contributed by atoms with Crippen LogP contribution in [0.3, 0.4) is 0 Å². The van der Waals surface area contributed by atoms with Crippen LogP contribution >= 0.6 is 23.2 Å². The van der Waals surface area contributed by atoms with Crippen molar-refractivity contribution in [1.82, 2.24) is 0 Å². The van der Waals surface area contributed by atoms with Gasteiger partial charge < -0.3 is 4.42 Å². The number of para-hydroxylation sites is 2. The van der Waals surface area contributed by atoms with E-state index in [9.17, 15) is 4.79 Å². The van der Waals surface area contributed by atoms with Gasteiger partial charge in [0.25, 0.3) is 5.91 Å². The number of fused-ring (bicyclic) bond motifs is 1. The molecule has 0 saturated heterocycles. The Bertz CT molecular complexity index is 1290. The maximum Gasteiger partial charge on any atom is 0.263 e. The molecule has 0 radical (unpaired) electrons. The molecule has 0 N–H and O–H groups in total. The Kier molecular flexibility index (Phi) is 4.70. The number of anilines is 2. The summed E-state index contributed by atoms with van der Waals surface area (Å²) in [6, 6.07) is 26.2. The number of hydrogen-bond donors (Lipinski definition) is 0. The molecule has 4 aromatic rings.